The van der Waals surface area contributed by atoms with E-state index in [1.807, 2.05) is 24.3 Å². The topological polar surface area (TPSA) is 0 Å². The lowest BCUT2D eigenvalue weighted by molar-refractivity contribution is 0.308. The molecule has 0 radical (unpaired) electrons. The van der Waals surface area contributed by atoms with Crippen LogP contribution in [0, 0.1) is 23.4 Å². The van der Waals surface area contributed by atoms with Crippen molar-refractivity contribution in [3.8, 4) is 11.1 Å². The molecule has 3 heteroatoms. The van der Waals surface area contributed by atoms with Crippen LogP contribution < -0.4 is 0 Å². The Labute approximate surface area is 177 Å². The van der Waals surface area contributed by atoms with Gasteiger partial charge in [0.25, 0.3) is 0 Å². The summed E-state index contributed by atoms with van der Waals surface area (Å²) in [6.45, 7) is 4.04. The first-order valence-corrected chi connectivity index (χ1v) is 11.2. The molecule has 0 unspecified atom stereocenters. The highest BCUT2D eigenvalue weighted by Crippen LogP contribution is 2.39. The molecular formula is C27H29F3. The highest BCUT2D eigenvalue weighted by Gasteiger charge is 2.23. The van der Waals surface area contributed by atoms with E-state index >= 15 is 0 Å². The number of rotatable bonds is 5. The highest BCUT2D eigenvalue weighted by molar-refractivity contribution is 5.89. The lowest BCUT2D eigenvalue weighted by Crippen LogP contribution is -2.13. The maximum Gasteiger partial charge on any atom is 0.170 e. The summed E-state index contributed by atoms with van der Waals surface area (Å²) in [4.78, 5) is 0. The number of benzene rings is 3. The summed E-state index contributed by atoms with van der Waals surface area (Å²) in [6, 6.07) is 12.7. The fourth-order valence-corrected chi connectivity index (χ4v) is 5.04. The van der Waals surface area contributed by atoms with Gasteiger partial charge in [0.05, 0.1) is 5.39 Å². The standard InChI is InChI=1S/C27H29F3/c1-3-5-17-6-8-19(9-7-17)20-11-13-21(14-12-20)23-16-22-15-10-18(4-2)25(28)24(22)27(30)26(23)29/h10-17,19H,3-9H2,1-2H3. The zero-order chi connectivity index (χ0) is 21.3. The van der Waals surface area contributed by atoms with E-state index in [1.54, 1.807) is 25.1 Å². The van der Waals surface area contributed by atoms with Crippen LogP contribution in [0.25, 0.3) is 21.9 Å². The Morgan fingerprint density at radius 2 is 1.50 bits per heavy atom. The van der Waals surface area contributed by atoms with Crippen LogP contribution in [0.15, 0.2) is 42.5 Å². The smallest absolute Gasteiger partial charge is 0.170 e. The van der Waals surface area contributed by atoms with Gasteiger partial charge >= 0.3 is 0 Å². The van der Waals surface area contributed by atoms with Gasteiger partial charge in [0.15, 0.2) is 11.6 Å². The number of halogens is 3. The lowest BCUT2D eigenvalue weighted by Gasteiger charge is -2.28. The van der Waals surface area contributed by atoms with Crippen molar-refractivity contribution in [2.24, 2.45) is 5.92 Å². The van der Waals surface area contributed by atoms with Crippen LogP contribution in [-0.4, -0.2) is 0 Å². The van der Waals surface area contributed by atoms with E-state index in [2.05, 4.69) is 6.92 Å². The van der Waals surface area contributed by atoms with Crippen molar-refractivity contribution in [2.45, 2.75) is 64.7 Å². The van der Waals surface area contributed by atoms with E-state index in [-0.39, 0.29) is 10.9 Å². The summed E-state index contributed by atoms with van der Waals surface area (Å²) >= 11 is 0. The molecule has 0 atom stereocenters. The van der Waals surface area contributed by atoms with Crippen molar-refractivity contribution in [1.29, 1.82) is 0 Å². The normalized spacial score (nSPS) is 19.4. The molecule has 0 bridgehead atoms. The van der Waals surface area contributed by atoms with Crippen LogP contribution in [0.2, 0.25) is 0 Å². The molecule has 0 N–H and O–H groups in total. The fourth-order valence-electron chi connectivity index (χ4n) is 5.04. The maximum atomic E-state index is 14.9. The van der Waals surface area contributed by atoms with Crippen molar-refractivity contribution in [3.05, 3.63) is 71.0 Å². The van der Waals surface area contributed by atoms with Crippen LogP contribution >= 0.6 is 0 Å². The minimum atomic E-state index is -1.10. The van der Waals surface area contributed by atoms with E-state index in [0.717, 1.165) is 5.92 Å². The molecule has 0 heterocycles. The van der Waals surface area contributed by atoms with Gasteiger partial charge in [-0.1, -0.05) is 63.1 Å². The van der Waals surface area contributed by atoms with Gasteiger partial charge in [0, 0.05) is 5.56 Å². The Bertz CT molecular complexity index is 1030. The molecule has 0 aliphatic heterocycles. The van der Waals surface area contributed by atoms with Crippen molar-refractivity contribution in [2.75, 3.05) is 0 Å². The van der Waals surface area contributed by atoms with Gasteiger partial charge in [0.1, 0.15) is 5.82 Å². The molecule has 0 nitrogen and oxygen atoms in total. The molecule has 1 aliphatic rings. The Hall–Kier alpha value is -2.29. The summed E-state index contributed by atoms with van der Waals surface area (Å²) in [6.07, 6.45) is 7.95. The number of hydrogen-bond donors (Lipinski definition) is 0. The van der Waals surface area contributed by atoms with Crippen LogP contribution in [-0.2, 0) is 6.42 Å². The van der Waals surface area contributed by atoms with Gasteiger partial charge in [0.2, 0.25) is 0 Å². The van der Waals surface area contributed by atoms with Crippen molar-refractivity contribution >= 4 is 10.8 Å². The summed E-state index contributed by atoms with van der Waals surface area (Å²) in [5.74, 6) is -1.34. The molecule has 3 aromatic carbocycles. The van der Waals surface area contributed by atoms with Gasteiger partial charge in [-0.3, -0.25) is 0 Å². The minimum absolute atomic E-state index is 0.182. The van der Waals surface area contributed by atoms with Crippen LogP contribution in [0.5, 0.6) is 0 Å². The second-order valence-electron chi connectivity index (χ2n) is 8.67. The van der Waals surface area contributed by atoms with Crippen molar-refractivity contribution in [3.63, 3.8) is 0 Å². The predicted molar refractivity (Wildman–Crippen MR) is 118 cm³/mol. The molecule has 4 rings (SSSR count). The summed E-state index contributed by atoms with van der Waals surface area (Å²) in [7, 11) is 0. The van der Waals surface area contributed by atoms with Crippen LogP contribution in [0.4, 0.5) is 13.2 Å². The van der Waals surface area contributed by atoms with Gasteiger partial charge < -0.3 is 0 Å². The van der Waals surface area contributed by atoms with E-state index in [1.165, 1.54) is 44.1 Å². The second kappa shape index (κ2) is 8.83. The Balaban J connectivity index is 1.62. The molecule has 3 aromatic rings. The summed E-state index contributed by atoms with van der Waals surface area (Å²) in [5.41, 5.74) is 2.47. The minimum Gasteiger partial charge on any atom is -0.206 e. The largest absolute Gasteiger partial charge is 0.206 e. The molecule has 1 aliphatic carbocycles. The van der Waals surface area contributed by atoms with Gasteiger partial charge in [-0.2, -0.15) is 0 Å². The molecule has 0 saturated heterocycles. The highest BCUT2D eigenvalue weighted by atomic mass is 19.2. The van der Waals surface area contributed by atoms with Crippen LogP contribution in [0.3, 0.4) is 0 Å². The molecule has 0 amide bonds. The number of hydrogen-bond acceptors (Lipinski definition) is 0. The third kappa shape index (κ3) is 3.87. The number of fused-ring (bicyclic) bond motifs is 1. The lowest BCUT2D eigenvalue weighted by atomic mass is 9.77. The average Bonchev–Trinajstić information content (AvgIpc) is 2.77. The van der Waals surface area contributed by atoms with Crippen molar-refractivity contribution in [1.82, 2.24) is 0 Å². The molecular weight excluding hydrogens is 381 g/mol. The van der Waals surface area contributed by atoms with Gasteiger partial charge in [-0.15, -0.1) is 0 Å². The van der Waals surface area contributed by atoms with E-state index in [0.29, 0.717) is 28.9 Å². The monoisotopic (exact) mass is 410 g/mol. The van der Waals surface area contributed by atoms with E-state index in [4.69, 9.17) is 0 Å². The predicted octanol–water partition coefficient (Wildman–Crippen LogP) is 8.56. The Morgan fingerprint density at radius 3 is 2.13 bits per heavy atom. The first-order chi connectivity index (χ1) is 14.5. The maximum absolute atomic E-state index is 14.9. The molecule has 0 aromatic heterocycles. The Morgan fingerprint density at radius 1 is 0.800 bits per heavy atom. The van der Waals surface area contributed by atoms with Crippen molar-refractivity contribution < 1.29 is 13.2 Å². The van der Waals surface area contributed by atoms with Gasteiger partial charge in [-0.25, -0.2) is 13.2 Å². The zero-order valence-corrected chi connectivity index (χ0v) is 17.8. The SMILES string of the molecule is CCCC1CCC(c2ccc(-c3cc4ccc(CC)c(F)c4c(F)c3F)cc2)CC1. The Kier molecular flexibility index (Phi) is 6.17. The number of aryl methyl sites for hydroxylation is 1. The molecule has 1 saturated carbocycles. The average molecular weight is 411 g/mol. The fraction of sp³-hybridized carbons (Fsp3) is 0.407. The van der Waals surface area contributed by atoms with E-state index < -0.39 is 17.5 Å². The third-order valence-corrected chi connectivity index (χ3v) is 6.82. The first kappa shape index (κ1) is 21.0. The first-order valence-electron chi connectivity index (χ1n) is 11.2. The molecule has 158 valence electrons. The summed E-state index contributed by atoms with van der Waals surface area (Å²) in [5, 5.41) is 0.132. The van der Waals surface area contributed by atoms with Crippen LogP contribution in [0.1, 0.15) is 69.4 Å². The zero-order valence-electron chi connectivity index (χ0n) is 17.8. The second-order valence-corrected chi connectivity index (χ2v) is 8.67. The molecule has 30 heavy (non-hydrogen) atoms. The summed E-state index contributed by atoms with van der Waals surface area (Å²) < 4.78 is 44.2. The van der Waals surface area contributed by atoms with Gasteiger partial charge in [-0.05, 0) is 72.1 Å². The third-order valence-electron chi connectivity index (χ3n) is 6.82. The molecule has 1 fully saturated rings. The quantitative estimate of drug-likeness (QED) is 0.395. The molecule has 0 spiro atoms. The van der Waals surface area contributed by atoms with E-state index in [9.17, 15) is 13.2 Å².